The second-order valence-corrected chi connectivity index (χ2v) is 4.40. The number of aromatic nitrogens is 2. The SMILES string of the molecule is Nc1ncc(Oc2ccc(Cl)cc2)c(NCCOCO)n1. The van der Waals surface area contributed by atoms with E-state index in [1.165, 1.54) is 6.20 Å². The highest BCUT2D eigenvalue weighted by atomic mass is 35.5. The Bertz CT molecular complexity index is 580. The molecule has 2 aromatic rings. The van der Waals surface area contributed by atoms with Crippen LogP contribution in [0.15, 0.2) is 30.5 Å². The number of nitrogen functional groups attached to an aromatic ring is 1. The number of benzene rings is 1. The second kappa shape index (κ2) is 7.63. The summed E-state index contributed by atoms with van der Waals surface area (Å²) in [6, 6.07) is 6.91. The van der Waals surface area contributed by atoms with E-state index >= 15 is 0 Å². The van der Waals surface area contributed by atoms with Gasteiger partial charge in [0, 0.05) is 11.6 Å². The fourth-order valence-corrected chi connectivity index (χ4v) is 1.65. The average molecular weight is 311 g/mol. The van der Waals surface area contributed by atoms with E-state index in [9.17, 15) is 0 Å². The number of aliphatic hydroxyl groups excluding tert-OH is 1. The van der Waals surface area contributed by atoms with Gasteiger partial charge in [0.2, 0.25) is 5.95 Å². The molecule has 0 saturated heterocycles. The quantitative estimate of drug-likeness (QED) is 0.530. The van der Waals surface area contributed by atoms with Gasteiger partial charge in [-0.25, -0.2) is 4.98 Å². The van der Waals surface area contributed by atoms with Gasteiger partial charge in [-0.15, -0.1) is 0 Å². The van der Waals surface area contributed by atoms with Crippen molar-refractivity contribution in [2.24, 2.45) is 0 Å². The maximum absolute atomic E-state index is 8.55. The van der Waals surface area contributed by atoms with Crippen LogP contribution in [-0.4, -0.2) is 35.0 Å². The summed E-state index contributed by atoms with van der Waals surface area (Å²) in [7, 11) is 0. The zero-order chi connectivity index (χ0) is 15.1. The van der Waals surface area contributed by atoms with Gasteiger partial charge in [0.15, 0.2) is 11.6 Å². The van der Waals surface area contributed by atoms with Crippen LogP contribution in [-0.2, 0) is 4.74 Å². The number of nitrogens with one attached hydrogen (secondary N) is 1. The molecule has 0 aliphatic rings. The fourth-order valence-electron chi connectivity index (χ4n) is 1.52. The molecule has 1 aromatic heterocycles. The largest absolute Gasteiger partial charge is 0.452 e. The van der Waals surface area contributed by atoms with Crippen LogP contribution in [0.4, 0.5) is 11.8 Å². The molecule has 4 N–H and O–H groups in total. The highest BCUT2D eigenvalue weighted by Gasteiger charge is 2.08. The number of rotatable bonds is 7. The van der Waals surface area contributed by atoms with E-state index in [2.05, 4.69) is 15.3 Å². The van der Waals surface area contributed by atoms with Crippen molar-refractivity contribution in [1.82, 2.24) is 9.97 Å². The summed E-state index contributed by atoms with van der Waals surface area (Å²) in [6.07, 6.45) is 1.48. The zero-order valence-electron chi connectivity index (χ0n) is 11.1. The first-order chi connectivity index (χ1) is 10.2. The van der Waals surface area contributed by atoms with Crippen LogP contribution in [0.25, 0.3) is 0 Å². The first-order valence-electron chi connectivity index (χ1n) is 6.17. The number of anilines is 2. The van der Waals surface area contributed by atoms with Crippen LogP contribution in [0.1, 0.15) is 0 Å². The van der Waals surface area contributed by atoms with Crippen LogP contribution in [0.2, 0.25) is 5.02 Å². The fraction of sp³-hybridized carbons (Fsp3) is 0.231. The number of aliphatic hydroxyl groups is 1. The van der Waals surface area contributed by atoms with E-state index in [-0.39, 0.29) is 12.7 Å². The molecule has 21 heavy (non-hydrogen) atoms. The Morgan fingerprint density at radius 2 is 2.05 bits per heavy atom. The molecular formula is C13H15ClN4O3. The third kappa shape index (κ3) is 4.75. The maximum Gasteiger partial charge on any atom is 0.222 e. The van der Waals surface area contributed by atoms with Crippen LogP contribution in [0.3, 0.4) is 0 Å². The molecule has 0 amide bonds. The summed E-state index contributed by atoms with van der Waals surface area (Å²) in [5.74, 6) is 1.60. The Labute approximate surface area is 126 Å². The molecule has 112 valence electrons. The van der Waals surface area contributed by atoms with Gasteiger partial charge in [-0.05, 0) is 24.3 Å². The zero-order valence-corrected chi connectivity index (χ0v) is 11.9. The third-order valence-corrected chi connectivity index (χ3v) is 2.70. The van der Waals surface area contributed by atoms with Gasteiger partial charge in [0.1, 0.15) is 12.5 Å². The molecule has 0 fully saturated rings. The van der Waals surface area contributed by atoms with E-state index in [0.717, 1.165) is 0 Å². The molecule has 0 bridgehead atoms. The Morgan fingerprint density at radius 3 is 2.76 bits per heavy atom. The number of halogens is 1. The van der Waals surface area contributed by atoms with Crippen molar-refractivity contribution >= 4 is 23.4 Å². The highest BCUT2D eigenvalue weighted by Crippen LogP contribution is 2.28. The van der Waals surface area contributed by atoms with Gasteiger partial charge in [0.25, 0.3) is 0 Å². The van der Waals surface area contributed by atoms with Crippen LogP contribution in [0, 0.1) is 0 Å². The lowest BCUT2D eigenvalue weighted by Gasteiger charge is -2.12. The van der Waals surface area contributed by atoms with Gasteiger partial charge in [-0.1, -0.05) is 11.6 Å². The number of ether oxygens (including phenoxy) is 2. The molecule has 0 aliphatic heterocycles. The molecule has 2 rings (SSSR count). The molecule has 0 radical (unpaired) electrons. The first kappa shape index (κ1) is 15.3. The Morgan fingerprint density at radius 1 is 1.29 bits per heavy atom. The van der Waals surface area contributed by atoms with Gasteiger partial charge < -0.3 is 25.6 Å². The lowest BCUT2D eigenvalue weighted by Crippen LogP contribution is -2.12. The van der Waals surface area contributed by atoms with E-state index < -0.39 is 0 Å². The lowest BCUT2D eigenvalue weighted by atomic mass is 10.3. The Hall–Kier alpha value is -2.09. The number of nitrogens with two attached hydrogens (primary N) is 1. The molecule has 1 aromatic carbocycles. The normalized spacial score (nSPS) is 10.4. The predicted molar refractivity (Wildman–Crippen MR) is 79.5 cm³/mol. The summed E-state index contributed by atoms with van der Waals surface area (Å²) in [5.41, 5.74) is 5.56. The lowest BCUT2D eigenvalue weighted by molar-refractivity contribution is 0.00376. The summed E-state index contributed by atoms with van der Waals surface area (Å²) >= 11 is 5.82. The summed E-state index contributed by atoms with van der Waals surface area (Å²) in [6.45, 7) is 0.427. The summed E-state index contributed by atoms with van der Waals surface area (Å²) in [5, 5.41) is 12.2. The van der Waals surface area contributed by atoms with Crippen LogP contribution >= 0.6 is 11.6 Å². The minimum absolute atomic E-state index is 0.129. The minimum atomic E-state index is -0.332. The van der Waals surface area contributed by atoms with Gasteiger partial charge in [-0.2, -0.15) is 4.98 Å². The Kier molecular flexibility index (Phi) is 5.56. The molecule has 0 saturated carbocycles. The van der Waals surface area contributed by atoms with Crippen molar-refractivity contribution in [1.29, 1.82) is 0 Å². The van der Waals surface area contributed by atoms with Crippen molar-refractivity contribution < 1.29 is 14.6 Å². The molecule has 1 heterocycles. The van der Waals surface area contributed by atoms with Gasteiger partial charge in [-0.3, -0.25) is 0 Å². The molecule has 0 unspecified atom stereocenters. The van der Waals surface area contributed by atoms with Crippen LogP contribution < -0.4 is 15.8 Å². The van der Waals surface area contributed by atoms with Crippen molar-refractivity contribution in [3.05, 3.63) is 35.5 Å². The molecule has 8 heteroatoms. The predicted octanol–water partition coefficient (Wildman–Crippen LogP) is 1.88. The monoisotopic (exact) mass is 310 g/mol. The summed E-state index contributed by atoms with van der Waals surface area (Å²) in [4.78, 5) is 7.97. The number of hydrogen-bond acceptors (Lipinski definition) is 7. The molecule has 0 atom stereocenters. The van der Waals surface area contributed by atoms with Crippen molar-refractivity contribution in [2.45, 2.75) is 0 Å². The smallest absolute Gasteiger partial charge is 0.222 e. The van der Waals surface area contributed by atoms with Gasteiger partial charge >= 0.3 is 0 Å². The van der Waals surface area contributed by atoms with Gasteiger partial charge in [0.05, 0.1) is 12.8 Å². The third-order valence-electron chi connectivity index (χ3n) is 2.45. The van der Waals surface area contributed by atoms with E-state index in [1.807, 2.05) is 0 Å². The van der Waals surface area contributed by atoms with E-state index in [1.54, 1.807) is 24.3 Å². The van der Waals surface area contributed by atoms with E-state index in [0.29, 0.717) is 35.5 Å². The second-order valence-electron chi connectivity index (χ2n) is 3.96. The topological polar surface area (TPSA) is 103 Å². The first-order valence-corrected chi connectivity index (χ1v) is 6.55. The Balaban J connectivity index is 2.08. The molecular weight excluding hydrogens is 296 g/mol. The molecule has 0 spiro atoms. The molecule has 0 aliphatic carbocycles. The average Bonchev–Trinajstić information content (AvgIpc) is 2.48. The van der Waals surface area contributed by atoms with Crippen molar-refractivity contribution in [2.75, 3.05) is 31.0 Å². The standard InChI is InChI=1S/C13H15ClN4O3/c14-9-1-3-10(4-2-9)21-11-7-17-13(15)18-12(11)16-5-6-20-8-19/h1-4,7,19H,5-6,8H2,(H3,15,16,17,18). The minimum Gasteiger partial charge on any atom is -0.452 e. The number of hydrogen-bond donors (Lipinski definition) is 3. The summed E-state index contributed by atoms with van der Waals surface area (Å²) < 4.78 is 10.5. The molecule has 7 nitrogen and oxygen atoms in total. The van der Waals surface area contributed by atoms with Crippen molar-refractivity contribution in [3.63, 3.8) is 0 Å². The maximum atomic E-state index is 8.55. The van der Waals surface area contributed by atoms with Crippen LogP contribution in [0.5, 0.6) is 11.5 Å². The van der Waals surface area contributed by atoms with E-state index in [4.69, 9.17) is 31.9 Å². The van der Waals surface area contributed by atoms with Crippen molar-refractivity contribution in [3.8, 4) is 11.5 Å². The highest BCUT2D eigenvalue weighted by molar-refractivity contribution is 6.30. The number of nitrogens with zero attached hydrogens (tertiary/aromatic N) is 2.